The van der Waals surface area contributed by atoms with E-state index < -0.39 is 0 Å². The molecule has 0 spiro atoms. The molecule has 2 rings (SSSR count). The van der Waals surface area contributed by atoms with Crippen LogP contribution in [0.25, 0.3) is 0 Å². The lowest BCUT2D eigenvalue weighted by Gasteiger charge is -2.32. The highest BCUT2D eigenvalue weighted by molar-refractivity contribution is 5.30. The van der Waals surface area contributed by atoms with E-state index in [9.17, 15) is 4.39 Å². The lowest BCUT2D eigenvalue weighted by Crippen LogP contribution is -2.47. The number of hydrogen-bond donors (Lipinski definition) is 2. The molecule has 1 unspecified atom stereocenters. The van der Waals surface area contributed by atoms with Crippen LogP contribution in [0.4, 0.5) is 4.39 Å². The molecule has 0 bridgehead atoms. The summed E-state index contributed by atoms with van der Waals surface area (Å²) in [4.78, 5) is 2.14. The van der Waals surface area contributed by atoms with Crippen LogP contribution in [-0.4, -0.2) is 37.7 Å². The Kier molecular flexibility index (Phi) is 4.52. The topological polar surface area (TPSA) is 50.5 Å². The highest BCUT2D eigenvalue weighted by Crippen LogP contribution is 2.23. The van der Waals surface area contributed by atoms with Gasteiger partial charge in [-0.3, -0.25) is 4.90 Å². The number of nitrogens with two attached hydrogens (primary N) is 1. The minimum absolute atomic E-state index is 0.253. The average Bonchev–Trinajstić information content (AvgIpc) is 2.41. The van der Waals surface area contributed by atoms with Crippen LogP contribution in [0.15, 0.2) is 18.2 Å². The molecule has 1 atom stereocenters. The van der Waals surface area contributed by atoms with Crippen LogP contribution in [-0.2, 0) is 0 Å². The predicted molar refractivity (Wildman–Crippen MR) is 68.9 cm³/mol. The Morgan fingerprint density at radius 2 is 2.17 bits per heavy atom. The lowest BCUT2D eigenvalue weighted by atomic mass is 10.1. The summed E-state index contributed by atoms with van der Waals surface area (Å²) in [7, 11) is 0. The molecule has 18 heavy (non-hydrogen) atoms. The molecule has 1 aliphatic heterocycles. The monoisotopic (exact) mass is 253 g/mol. The Hall–Kier alpha value is -1.17. The van der Waals surface area contributed by atoms with E-state index in [0.29, 0.717) is 6.61 Å². The van der Waals surface area contributed by atoms with Crippen LogP contribution >= 0.6 is 0 Å². The van der Waals surface area contributed by atoms with E-state index in [1.807, 2.05) is 13.0 Å². The highest BCUT2D eigenvalue weighted by atomic mass is 19.1. The summed E-state index contributed by atoms with van der Waals surface area (Å²) in [5, 5.41) is 3.27. The van der Waals surface area contributed by atoms with E-state index >= 15 is 0 Å². The summed E-state index contributed by atoms with van der Waals surface area (Å²) in [6.07, 6.45) is -0.253. The van der Waals surface area contributed by atoms with E-state index in [-0.39, 0.29) is 17.7 Å². The van der Waals surface area contributed by atoms with E-state index in [1.54, 1.807) is 6.07 Å². The van der Waals surface area contributed by atoms with Gasteiger partial charge in [-0.1, -0.05) is 6.07 Å². The fourth-order valence-corrected chi connectivity index (χ4v) is 2.14. The van der Waals surface area contributed by atoms with Gasteiger partial charge in [0.05, 0.1) is 12.8 Å². The third kappa shape index (κ3) is 2.98. The number of halogens is 1. The van der Waals surface area contributed by atoms with E-state index in [4.69, 9.17) is 10.5 Å². The second kappa shape index (κ2) is 6.13. The standard InChI is InChI=1S/C13H20FN3O/c1-2-18-12-4-3-10(9-11(12)14)13(15)17-7-5-16-6-8-17/h3-4,9,13,16H,2,5-8,15H2,1H3. The summed E-state index contributed by atoms with van der Waals surface area (Å²) < 4.78 is 18.9. The molecule has 1 aliphatic rings. The Bertz CT molecular complexity index is 394. The number of benzene rings is 1. The van der Waals surface area contributed by atoms with Crippen LogP contribution < -0.4 is 15.8 Å². The molecule has 1 fully saturated rings. The lowest BCUT2D eigenvalue weighted by molar-refractivity contribution is 0.177. The molecule has 1 aromatic carbocycles. The van der Waals surface area contributed by atoms with Crippen molar-refractivity contribution in [2.45, 2.75) is 13.1 Å². The number of nitrogens with zero attached hydrogens (tertiary/aromatic N) is 1. The molecule has 1 aromatic rings. The van der Waals surface area contributed by atoms with Crippen molar-refractivity contribution >= 4 is 0 Å². The Balaban J connectivity index is 2.10. The first-order valence-electron chi connectivity index (χ1n) is 6.35. The molecule has 5 heteroatoms. The first-order valence-corrected chi connectivity index (χ1v) is 6.35. The number of ether oxygens (including phenoxy) is 1. The van der Waals surface area contributed by atoms with Gasteiger partial charge in [0.2, 0.25) is 0 Å². The third-order valence-corrected chi connectivity index (χ3v) is 3.14. The van der Waals surface area contributed by atoms with Crippen LogP contribution in [0.2, 0.25) is 0 Å². The van der Waals surface area contributed by atoms with Crippen molar-refractivity contribution in [3.8, 4) is 5.75 Å². The zero-order chi connectivity index (χ0) is 13.0. The number of piperazine rings is 1. The van der Waals surface area contributed by atoms with Gasteiger partial charge in [-0.25, -0.2) is 4.39 Å². The first kappa shape index (κ1) is 13.3. The molecule has 4 nitrogen and oxygen atoms in total. The summed E-state index contributed by atoms with van der Waals surface area (Å²) in [5.74, 6) is -0.0614. The van der Waals surface area contributed by atoms with Crippen molar-refractivity contribution in [2.24, 2.45) is 5.73 Å². The van der Waals surface area contributed by atoms with Crippen molar-refractivity contribution < 1.29 is 9.13 Å². The molecule has 1 saturated heterocycles. The predicted octanol–water partition coefficient (Wildman–Crippen LogP) is 1.09. The van der Waals surface area contributed by atoms with Gasteiger partial charge in [-0.15, -0.1) is 0 Å². The Morgan fingerprint density at radius 1 is 1.44 bits per heavy atom. The molecule has 0 aliphatic carbocycles. The maximum atomic E-state index is 13.8. The van der Waals surface area contributed by atoms with Gasteiger partial charge >= 0.3 is 0 Å². The van der Waals surface area contributed by atoms with Crippen molar-refractivity contribution in [1.82, 2.24) is 10.2 Å². The zero-order valence-electron chi connectivity index (χ0n) is 10.7. The Labute approximate surface area is 107 Å². The largest absolute Gasteiger partial charge is 0.491 e. The smallest absolute Gasteiger partial charge is 0.165 e. The molecule has 0 saturated carbocycles. The van der Waals surface area contributed by atoms with Gasteiger partial charge in [0, 0.05) is 26.2 Å². The van der Waals surface area contributed by atoms with Gasteiger partial charge in [0.25, 0.3) is 0 Å². The molecule has 0 amide bonds. The molecule has 3 N–H and O–H groups in total. The molecule has 100 valence electrons. The zero-order valence-corrected chi connectivity index (χ0v) is 10.7. The van der Waals surface area contributed by atoms with Gasteiger partial charge in [-0.2, -0.15) is 0 Å². The van der Waals surface area contributed by atoms with E-state index in [1.165, 1.54) is 6.07 Å². The summed E-state index contributed by atoms with van der Waals surface area (Å²) in [5.41, 5.74) is 6.94. The molecule has 0 radical (unpaired) electrons. The summed E-state index contributed by atoms with van der Waals surface area (Å²) >= 11 is 0. The molecule has 0 aromatic heterocycles. The Morgan fingerprint density at radius 3 is 2.78 bits per heavy atom. The SMILES string of the molecule is CCOc1ccc(C(N)N2CCNCC2)cc1F. The van der Waals surface area contributed by atoms with E-state index in [2.05, 4.69) is 10.2 Å². The average molecular weight is 253 g/mol. The summed E-state index contributed by atoms with van der Waals surface area (Å²) in [6, 6.07) is 4.95. The fourth-order valence-electron chi connectivity index (χ4n) is 2.14. The third-order valence-electron chi connectivity index (χ3n) is 3.14. The second-order valence-electron chi connectivity index (χ2n) is 4.35. The quantitative estimate of drug-likeness (QED) is 0.843. The minimum Gasteiger partial charge on any atom is -0.491 e. The molecular formula is C13H20FN3O. The van der Waals surface area contributed by atoms with Crippen molar-refractivity contribution in [3.63, 3.8) is 0 Å². The highest BCUT2D eigenvalue weighted by Gasteiger charge is 2.19. The van der Waals surface area contributed by atoms with Crippen molar-refractivity contribution in [2.75, 3.05) is 32.8 Å². The van der Waals surface area contributed by atoms with Crippen LogP contribution in [0.1, 0.15) is 18.7 Å². The van der Waals surface area contributed by atoms with Gasteiger partial charge in [0.15, 0.2) is 11.6 Å². The normalized spacial score (nSPS) is 18.6. The fraction of sp³-hybridized carbons (Fsp3) is 0.538. The van der Waals surface area contributed by atoms with Crippen LogP contribution in [0, 0.1) is 5.82 Å². The van der Waals surface area contributed by atoms with Crippen molar-refractivity contribution in [3.05, 3.63) is 29.6 Å². The number of nitrogens with one attached hydrogen (secondary N) is 1. The van der Waals surface area contributed by atoms with Gasteiger partial charge in [-0.05, 0) is 24.6 Å². The van der Waals surface area contributed by atoms with Crippen LogP contribution in [0.5, 0.6) is 5.75 Å². The van der Waals surface area contributed by atoms with Crippen molar-refractivity contribution in [1.29, 1.82) is 0 Å². The maximum Gasteiger partial charge on any atom is 0.165 e. The number of hydrogen-bond acceptors (Lipinski definition) is 4. The van der Waals surface area contributed by atoms with Crippen LogP contribution in [0.3, 0.4) is 0 Å². The molecule has 1 heterocycles. The molecular weight excluding hydrogens is 233 g/mol. The van der Waals surface area contributed by atoms with Gasteiger partial charge < -0.3 is 15.8 Å². The maximum absolute atomic E-state index is 13.8. The van der Waals surface area contributed by atoms with E-state index in [0.717, 1.165) is 31.7 Å². The number of rotatable bonds is 4. The summed E-state index contributed by atoms with van der Waals surface area (Å²) in [6.45, 7) is 5.91. The minimum atomic E-state index is -0.347. The first-order chi connectivity index (χ1) is 8.72. The second-order valence-corrected chi connectivity index (χ2v) is 4.35. The van der Waals surface area contributed by atoms with Gasteiger partial charge in [0.1, 0.15) is 0 Å².